The van der Waals surface area contributed by atoms with Crippen LogP contribution in [0.4, 0.5) is 0 Å². The fourth-order valence-corrected chi connectivity index (χ4v) is 2.90. The molecule has 19 heavy (non-hydrogen) atoms. The van der Waals surface area contributed by atoms with Crippen molar-refractivity contribution in [3.63, 3.8) is 0 Å². The molecule has 100 valence electrons. The van der Waals surface area contributed by atoms with E-state index in [1.54, 1.807) is 0 Å². The first kappa shape index (κ1) is 12.4. The molecule has 1 spiro atoms. The van der Waals surface area contributed by atoms with Crippen molar-refractivity contribution in [1.82, 2.24) is 10.6 Å². The number of piperidine rings is 1. The van der Waals surface area contributed by atoms with Crippen molar-refractivity contribution in [1.29, 1.82) is 0 Å². The molecular weight excluding hydrogens is 238 g/mol. The number of aliphatic imine (C=N–C) groups is 1. The SMILES string of the molecule is Cc1ccc(C2=NC3(CCNCC3)C(=O)N2)c(C)c1. The van der Waals surface area contributed by atoms with Crippen LogP contribution in [-0.2, 0) is 4.79 Å². The molecule has 1 aromatic carbocycles. The predicted molar refractivity (Wildman–Crippen MR) is 75.4 cm³/mol. The van der Waals surface area contributed by atoms with Gasteiger partial charge in [-0.3, -0.25) is 9.79 Å². The van der Waals surface area contributed by atoms with Crippen LogP contribution in [0.15, 0.2) is 23.2 Å². The minimum absolute atomic E-state index is 0.0592. The van der Waals surface area contributed by atoms with Crippen LogP contribution >= 0.6 is 0 Å². The predicted octanol–water partition coefficient (Wildman–Crippen LogP) is 1.30. The van der Waals surface area contributed by atoms with Crippen molar-refractivity contribution in [3.8, 4) is 0 Å². The maximum Gasteiger partial charge on any atom is 0.253 e. The van der Waals surface area contributed by atoms with Gasteiger partial charge in [0, 0.05) is 5.56 Å². The Labute approximate surface area is 113 Å². The van der Waals surface area contributed by atoms with Crippen LogP contribution in [0.25, 0.3) is 0 Å². The van der Waals surface area contributed by atoms with Gasteiger partial charge in [-0.2, -0.15) is 0 Å². The molecule has 0 radical (unpaired) electrons. The Bertz CT molecular complexity index is 557. The Kier molecular flexibility index (Phi) is 2.90. The number of benzene rings is 1. The molecule has 0 aliphatic carbocycles. The molecule has 0 bridgehead atoms. The first-order chi connectivity index (χ1) is 9.11. The smallest absolute Gasteiger partial charge is 0.253 e. The highest BCUT2D eigenvalue weighted by Crippen LogP contribution is 2.29. The zero-order valence-corrected chi connectivity index (χ0v) is 11.4. The van der Waals surface area contributed by atoms with Gasteiger partial charge in [0.2, 0.25) is 0 Å². The van der Waals surface area contributed by atoms with E-state index in [1.807, 2.05) is 6.07 Å². The monoisotopic (exact) mass is 257 g/mol. The zero-order valence-electron chi connectivity index (χ0n) is 11.4. The molecule has 1 fully saturated rings. The van der Waals surface area contributed by atoms with Gasteiger partial charge in [0.25, 0.3) is 5.91 Å². The summed E-state index contributed by atoms with van der Waals surface area (Å²) in [5, 5.41) is 6.25. The molecule has 0 aromatic heterocycles. The number of carbonyl (C=O) groups excluding carboxylic acids is 1. The quantitative estimate of drug-likeness (QED) is 0.797. The largest absolute Gasteiger partial charge is 0.317 e. The van der Waals surface area contributed by atoms with E-state index in [0.29, 0.717) is 0 Å². The molecule has 2 heterocycles. The van der Waals surface area contributed by atoms with Crippen molar-refractivity contribution in [2.45, 2.75) is 32.2 Å². The highest BCUT2D eigenvalue weighted by molar-refractivity contribution is 6.15. The van der Waals surface area contributed by atoms with E-state index in [-0.39, 0.29) is 5.91 Å². The van der Waals surface area contributed by atoms with Gasteiger partial charge in [0.15, 0.2) is 0 Å². The van der Waals surface area contributed by atoms with E-state index < -0.39 is 5.54 Å². The van der Waals surface area contributed by atoms with Gasteiger partial charge < -0.3 is 10.6 Å². The van der Waals surface area contributed by atoms with Gasteiger partial charge in [-0.05, 0) is 45.3 Å². The molecule has 1 saturated heterocycles. The zero-order chi connectivity index (χ0) is 13.5. The third-order valence-electron chi connectivity index (χ3n) is 4.05. The standard InChI is InChI=1S/C15H19N3O/c1-10-3-4-12(11(2)9-10)13-17-14(19)15(18-13)5-7-16-8-6-15/h3-4,9,16H,5-8H2,1-2H3,(H,17,18,19). The molecule has 3 rings (SSSR count). The Morgan fingerprint density at radius 3 is 2.63 bits per heavy atom. The van der Waals surface area contributed by atoms with Crippen LogP contribution in [-0.4, -0.2) is 30.4 Å². The second-order valence-electron chi connectivity index (χ2n) is 5.51. The number of hydrogen-bond donors (Lipinski definition) is 2. The lowest BCUT2D eigenvalue weighted by atomic mass is 9.89. The number of nitrogens with one attached hydrogen (secondary N) is 2. The average molecular weight is 257 g/mol. The number of aryl methyl sites for hydroxylation is 2. The third-order valence-corrected chi connectivity index (χ3v) is 4.05. The van der Waals surface area contributed by atoms with Gasteiger partial charge in [0.05, 0.1) is 0 Å². The summed E-state index contributed by atoms with van der Waals surface area (Å²) in [6.45, 7) is 5.85. The number of nitrogens with zero attached hydrogens (tertiary/aromatic N) is 1. The average Bonchev–Trinajstić information content (AvgIpc) is 2.67. The van der Waals surface area contributed by atoms with Crippen LogP contribution in [0.3, 0.4) is 0 Å². The van der Waals surface area contributed by atoms with Gasteiger partial charge in [0.1, 0.15) is 11.4 Å². The van der Waals surface area contributed by atoms with Gasteiger partial charge >= 0.3 is 0 Å². The van der Waals surface area contributed by atoms with Crippen molar-refractivity contribution < 1.29 is 4.79 Å². The molecule has 0 saturated carbocycles. The summed E-state index contributed by atoms with van der Waals surface area (Å²) in [5.74, 6) is 0.799. The number of carbonyl (C=O) groups is 1. The van der Waals surface area contributed by atoms with E-state index in [9.17, 15) is 4.79 Å². The lowest BCUT2D eigenvalue weighted by molar-refractivity contribution is -0.124. The highest BCUT2D eigenvalue weighted by Gasteiger charge is 2.44. The topological polar surface area (TPSA) is 53.5 Å². The van der Waals surface area contributed by atoms with Crippen LogP contribution in [0, 0.1) is 13.8 Å². The summed E-state index contributed by atoms with van der Waals surface area (Å²) in [6, 6.07) is 6.23. The first-order valence-electron chi connectivity index (χ1n) is 6.80. The summed E-state index contributed by atoms with van der Waals surface area (Å²) in [6.07, 6.45) is 1.57. The highest BCUT2D eigenvalue weighted by atomic mass is 16.2. The van der Waals surface area contributed by atoms with E-state index in [0.717, 1.165) is 42.9 Å². The lowest BCUT2D eigenvalue weighted by Crippen LogP contribution is -2.47. The Balaban J connectivity index is 1.98. The van der Waals surface area contributed by atoms with Gasteiger partial charge in [-0.15, -0.1) is 0 Å². The van der Waals surface area contributed by atoms with E-state index in [2.05, 4.69) is 36.6 Å². The maximum atomic E-state index is 12.3. The summed E-state index contributed by atoms with van der Waals surface area (Å²) in [7, 11) is 0. The van der Waals surface area contributed by atoms with E-state index >= 15 is 0 Å². The Hall–Kier alpha value is -1.68. The molecular formula is C15H19N3O. The molecule has 2 aliphatic rings. The summed E-state index contributed by atoms with van der Waals surface area (Å²) in [5.41, 5.74) is 2.89. The minimum atomic E-state index is -0.530. The number of hydrogen-bond acceptors (Lipinski definition) is 3. The van der Waals surface area contributed by atoms with Crippen molar-refractivity contribution in [2.24, 2.45) is 4.99 Å². The van der Waals surface area contributed by atoms with Crippen LogP contribution in [0.1, 0.15) is 29.5 Å². The fourth-order valence-electron chi connectivity index (χ4n) is 2.90. The molecule has 4 heteroatoms. The Morgan fingerprint density at radius 2 is 1.95 bits per heavy atom. The molecule has 2 N–H and O–H groups in total. The molecule has 2 aliphatic heterocycles. The fraction of sp³-hybridized carbons (Fsp3) is 0.467. The third kappa shape index (κ3) is 2.06. The second-order valence-corrected chi connectivity index (χ2v) is 5.51. The first-order valence-corrected chi connectivity index (χ1v) is 6.80. The van der Waals surface area contributed by atoms with E-state index in [4.69, 9.17) is 4.99 Å². The van der Waals surface area contributed by atoms with Crippen molar-refractivity contribution in [3.05, 3.63) is 34.9 Å². The molecule has 0 unspecified atom stereocenters. The van der Waals surface area contributed by atoms with Crippen LogP contribution in [0.5, 0.6) is 0 Å². The summed E-state index contributed by atoms with van der Waals surface area (Å²) >= 11 is 0. The second kappa shape index (κ2) is 4.46. The van der Waals surface area contributed by atoms with E-state index in [1.165, 1.54) is 5.56 Å². The summed E-state index contributed by atoms with van der Waals surface area (Å²) in [4.78, 5) is 17.0. The molecule has 1 aromatic rings. The molecule has 0 atom stereocenters. The van der Waals surface area contributed by atoms with Gasteiger partial charge in [-0.25, -0.2) is 0 Å². The summed E-state index contributed by atoms with van der Waals surface area (Å²) < 4.78 is 0. The molecule has 4 nitrogen and oxygen atoms in total. The molecule has 1 amide bonds. The normalized spacial score (nSPS) is 21.4. The maximum absolute atomic E-state index is 12.3. The minimum Gasteiger partial charge on any atom is -0.317 e. The van der Waals surface area contributed by atoms with Crippen molar-refractivity contribution in [2.75, 3.05) is 13.1 Å². The van der Waals surface area contributed by atoms with Gasteiger partial charge in [-0.1, -0.05) is 23.8 Å². The van der Waals surface area contributed by atoms with Crippen LogP contribution in [0.2, 0.25) is 0 Å². The van der Waals surface area contributed by atoms with Crippen LogP contribution < -0.4 is 10.6 Å². The number of rotatable bonds is 1. The van der Waals surface area contributed by atoms with Crippen molar-refractivity contribution >= 4 is 11.7 Å². The number of amides is 1. The Morgan fingerprint density at radius 1 is 1.21 bits per heavy atom. The lowest BCUT2D eigenvalue weighted by Gasteiger charge is -2.28. The number of amidine groups is 1.